The standard InChI is InChI=1S/C14H11NOS2/c15-8-11-3-1-4-12(7-11)9-17-10-13(16)14-5-2-6-18-14/h1-7H,9-10H2. The summed E-state index contributed by atoms with van der Waals surface area (Å²) in [6, 6.07) is 13.3. The summed E-state index contributed by atoms with van der Waals surface area (Å²) in [5.74, 6) is 1.41. The topological polar surface area (TPSA) is 40.9 Å². The van der Waals surface area contributed by atoms with Crippen LogP contribution in [-0.2, 0) is 5.75 Å². The van der Waals surface area contributed by atoms with E-state index in [0.29, 0.717) is 11.3 Å². The summed E-state index contributed by atoms with van der Waals surface area (Å²) in [7, 11) is 0. The van der Waals surface area contributed by atoms with E-state index in [-0.39, 0.29) is 5.78 Å². The van der Waals surface area contributed by atoms with E-state index in [4.69, 9.17) is 5.26 Å². The first-order valence-corrected chi connectivity index (χ1v) is 7.46. The molecular formula is C14H11NOS2. The number of rotatable bonds is 5. The summed E-state index contributed by atoms with van der Waals surface area (Å²) < 4.78 is 0. The van der Waals surface area contributed by atoms with Crippen LogP contribution < -0.4 is 0 Å². The molecule has 4 heteroatoms. The maximum atomic E-state index is 11.8. The normalized spacial score (nSPS) is 9.94. The van der Waals surface area contributed by atoms with Gasteiger partial charge in [0.2, 0.25) is 0 Å². The lowest BCUT2D eigenvalue weighted by molar-refractivity contribution is 0.102. The van der Waals surface area contributed by atoms with Crippen molar-refractivity contribution in [2.45, 2.75) is 5.75 Å². The molecular weight excluding hydrogens is 262 g/mol. The van der Waals surface area contributed by atoms with Crippen LogP contribution in [0.15, 0.2) is 41.8 Å². The zero-order chi connectivity index (χ0) is 12.8. The van der Waals surface area contributed by atoms with Gasteiger partial charge in [-0.25, -0.2) is 0 Å². The fraction of sp³-hybridized carbons (Fsp3) is 0.143. The monoisotopic (exact) mass is 273 g/mol. The van der Waals surface area contributed by atoms with Gasteiger partial charge in [0.1, 0.15) is 0 Å². The largest absolute Gasteiger partial charge is 0.292 e. The lowest BCUT2D eigenvalue weighted by Gasteiger charge is -2.01. The second-order valence-electron chi connectivity index (χ2n) is 3.71. The average Bonchev–Trinajstić information content (AvgIpc) is 2.93. The highest BCUT2D eigenvalue weighted by Gasteiger charge is 2.06. The average molecular weight is 273 g/mol. The second kappa shape index (κ2) is 6.39. The van der Waals surface area contributed by atoms with E-state index < -0.39 is 0 Å². The highest BCUT2D eigenvalue weighted by atomic mass is 32.2. The number of nitriles is 1. The molecule has 0 aliphatic heterocycles. The van der Waals surface area contributed by atoms with Gasteiger partial charge in [-0.05, 0) is 29.1 Å². The van der Waals surface area contributed by atoms with Crippen molar-refractivity contribution in [1.82, 2.24) is 0 Å². The Morgan fingerprint density at radius 3 is 2.94 bits per heavy atom. The molecule has 2 nitrogen and oxygen atoms in total. The van der Waals surface area contributed by atoms with E-state index in [1.807, 2.05) is 35.7 Å². The van der Waals surface area contributed by atoms with Crippen molar-refractivity contribution < 1.29 is 4.79 Å². The first-order chi connectivity index (χ1) is 8.79. The fourth-order valence-electron chi connectivity index (χ4n) is 1.50. The molecule has 0 bridgehead atoms. The molecule has 0 spiro atoms. The van der Waals surface area contributed by atoms with Gasteiger partial charge < -0.3 is 0 Å². The SMILES string of the molecule is N#Cc1cccc(CSCC(=O)c2cccs2)c1. The molecule has 18 heavy (non-hydrogen) atoms. The number of Topliss-reactive ketones (excluding diaryl/α,β-unsaturated/α-hetero) is 1. The number of carbonyl (C=O) groups excluding carboxylic acids is 1. The van der Waals surface area contributed by atoms with E-state index >= 15 is 0 Å². The number of thioether (sulfide) groups is 1. The van der Waals surface area contributed by atoms with Crippen LogP contribution in [0.3, 0.4) is 0 Å². The van der Waals surface area contributed by atoms with Crippen LogP contribution in [-0.4, -0.2) is 11.5 Å². The molecule has 2 rings (SSSR count). The van der Waals surface area contributed by atoms with Crippen LogP contribution in [0.25, 0.3) is 0 Å². The Kier molecular flexibility index (Phi) is 4.57. The first kappa shape index (κ1) is 12.9. The molecule has 0 saturated heterocycles. The summed E-state index contributed by atoms with van der Waals surface area (Å²) >= 11 is 3.06. The van der Waals surface area contributed by atoms with Crippen molar-refractivity contribution in [2.24, 2.45) is 0 Å². The molecule has 90 valence electrons. The summed E-state index contributed by atoms with van der Waals surface area (Å²) in [5.41, 5.74) is 1.75. The minimum absolute atomic E-state index is 0.173. The summed E-state index contributed by atoms with van der Waals surface area (Å²) in [6.45, 7) is 0. The van der Waals surface area contributed by atoms with Gasteiger partial charge in [0.15, 0.2) is 5.78 Å². The Morgan fingerprint density at radius 1 is 1.33 bits per heavy atom. The third-order valence-electron chi connectivity index (χ3n) is 2.35. The maximum absolute atomic E-state index is 11.8. The van der Waals surface area contributed by atoms with Gasteiger partial charge >= 0.3 is 0 Å². The quantitative estimate of drug-likeness (QED) is 0.779. The van der Waals surface area contributed by atoms with Crippen LogP contribution >= 0.6 is 23.1 Å². The minimum Gasteiger partial charge on any atom is -0.292 e. The third kappa shape index (κ3) is 3.46. The Hall–Kier alpha value is -1.57. The second-order valence-corrected chi connectivity index (χ2v) is 5.64. The van der Waals surface area contributed by atoms with Gasteiger partial charge in [0.05, 0.1) is 22.3 Å². The highest BCUT2D eigenvalue weighted by Crippen LogP contribution is 2.17. The van der Waals surface area contributed by atoms with E-state index in [2.05, 4.69) is 6.07 Å². The van der Waals surface area contributed by atoms with E-state index in [1.54, 1.807) is 17.8 Å². The van der Waals surface area contributed by atoms with Crippen LogP contribution in [0, 0.1) is 11.3 Å². The molecule has 0 fully saturated rings. The van der Waals surface area contributed by atoms with Gasteiger partial charge in [-0.2, -0.15) is 5.26 Å². The summed E-state index contributed by atoms with van der Waals surface area (Å²) in [4.78, 5) is 12.6. The van der Waals surface area contributed by atoms with E-state index in [9.17, 15) is 4.79 Å². The predicted octanol–water partition coefficient (Wildman–Crippen LogP) is 3.74. The molecule has 0 saturated carbocycles. The highest BCUT2D eigenvalue weighted by molar-refractivity contribution is 7.99. The summed E-state index contributed by atoms with van der Waals surface area (Å²) in [5, 5.41) is 10.7. The van der Waals surface area contributed by atoms with Crippen molar-refractivity contribution in [3.8, 4) is 6.07 Å². The molecule has 0 amide bonds. The minimum atomic E-state index is 0.173. The van der Waals surface area contributed by atoms with Gasteiger partial charge in [-0.3, -0.25) is 4.79 Å². The third-order valence-corrected chi connectivity index (χ3v) is 4.27. The number of ketones is 1. The molecule has 1 heterocycles. The van der Waals surface area contributed by atoms with Crippen molar-refractivity contribution in [1.29, 1.82) is 5.26 Å². The molecule has 0 radical (unpaired) electrons. The van der Waals surface area contributed by atoms with Gasteiger partial charge in [-0.1, -0.05) is 18.2 Å². The van der Waals surface area contributed by atoms with Crippen LogP contribution in [0.1, 0.15) is 20.8 Å². The van der Waals surface area contributed by atoms with Crippen molar-refractivity contribution in [3.63, 3.8) is 0 Å². The maximum Gasteiger partial charge on any atom is 0.182 e. The number of hydrogen-bond donors (Lipinski definition) is 0. The Morgan fingerprint density at radius 2 is 2.22 bits per heavy atom. The zero-order valence-electron chi connectivity index (χ0n) is 9.63. The molecule has 1 aromatic carbocycles. The Balaban J connectivity index is 1.85. The first-order valence-electron chi connectivity index (χ1n) is 5.43. The Labute approximate surface area is 114 Å². The number of hydrogen-bond acceptors (Lipinski definition) is 4. The summed E-state index contributed by atoms with van der Waals surface area (Å²) in [6.07, 6.45) is 0. The molecule has 0 atom stereocenters. The van der Waals surface area contributed by atoms with Crippen LogP contribution in [0.4, 0.5) is 0 Å². The van der Waals surface area contributed by atoms with Crippen LogP contribution in [0.2, 0.25) is 0 Å². The van der Waals surface area contributed by atoms with Crippen molar-refractivity contribution in [3.05, 3.63) is 57.8 Å². The van der Waals surface area contributed by atoms with Crippen LogP contribution in [0.5, 0.6) is 0 Å². The molecule has 0 unspecified atom stereocenters. The van der Waals surface area contributed by atoms with E-state index in [0.717, 1.165) is 16.2 Å². The van der Waals surface area contributed by atoms with Crippen molar-refractivity contribution in [2.75, 3.05) is 5.75 Å². The van der Waals surface area contributed by atoms with Gasteiger partial charge in [-0.15, -0.1) is 23.1 Å². The number of thiophene rings is 1. The fourth-order valence-corrected chi connectivity index (χ4v) is 3.11. The lowest BCUT2D eigenvalue weighted by atomic mass is 10.2. The number of nitrogens with zero attached hydrogens (tertiary/aromatic N) is 1. The molecule has 1 aromatic heterocycles. The van der Waals surface area contributed by atoms with Gasteiger partial charge in [0, 0.05) is 5.75 Å². The van der Waals surface area contributed by atoms with E-state index in [1.165, 1.54) is 11.3 Å². The molecule has 0 aliphatic rings. The predicted molar refractivity (Wildman–Crippen MR) is 76.0 cm³/mol. The lowest BCUT2D eigenvalue weighted by Crippen LogP contribution is -1.99. The number of benzene rings is 1. The zero-order valence-corrected chi connectivity index (χ0v) is 11.3. The molecule has 0 N–H and O–H groups in total. The van der Waals surface area contributed by atoms with Gasteiger partial charge in [0.25, 0.3) is 0 Å². The molecule has 2 aromatic rings. The van der Waals surface area contributed by atoms with Crippen molar-refractivity contribution >= 4 is 28.9 Å². The number of carbonyl (C=O) groups is 1. The smallest absolute Gasteiger partial charge is 0.182 e. The Bertz CT molecular complexity index is 570. The molecule has 0 aliphatic carbocycles.